The van der Waals surface area contributed by atoms with Crippen LogP contribution in [0.3, 0.4) is 0 Å². The number of nitrogens with one attached hydrogen (secondary N) is 3. The van der Waals surface area contributed by atoms with E-state index < -0.39 is 24.1 Å². The number of carbonyl (C=O) groups excluding carboxylic acids is 2. The number of aliphatic carboxylic acids is 2. The molecule has 0 aliphatic carbocycles. The van der Waals surface area contributed by atoms with Crippen molar-refractivity contribution in [3.8, 4) is 0 Å². The van der Waals surface area contributed by atoms with E-state index in [9.17, 15) is 23.6 Å². The van der Waals surface area contributed by atoms with E-state index in [0.29, 0.717) is 37.7 Å². The third kappa shape index (κ3) is 14.1. The minimum atomic E-state index is -1.26. The van der Waals surface area contributed by atoms with Crippen LogP contribution < -0.4 is 16.0 Å². The molecule has 0 aromatic heterocycles. The number of hydrogen-bond donors (Lipinski definition) is 5. The fourth-order valence-electron chi connectivity index (χ4n) is 5.28. The highest BCUT2D eigenvalue weighted by Crippen LogP contribution is 2.33. The number of amides is 3. The standard InChI is InChI=1S/C26H41FN4O5.C4H4O4/c1-28-16-23(14-19-6-5-12-35-18-19)30-25(32)31-11-4-8-21(17-31)24(20-7-3-9-22(27)15-20)36-13-10-29-26(33)34-2;5-3(6)1-2-4(7)8/h3,7,9,15,19,21,23-24,28H,4-6,8,10-14,16-18H2,1-2H3,(H,29,33)(H,30,32);1-2H,(H,5,6)(H,7,8)/b;2-1+/t19-,21-,23+,24+;/m1./s1. The number of hydrogen-bond acceptors (Lipinski definition) is 8. The maximum atomic E-state index is 14.0. The first-order valence-electron chi connectivity index (χ1n) is 14.7. The summed E-state index contributed by atoms with van der Waals surface area (Å²) in [5.41, 5.74) is 0.727. The lowest BCUT2D eigenvalue weighted by Gasteiger charge is -2.38. The van der Waals surface area contributed by atoms with Gasteiger partial charge in [0.05, 0.1) is 19.8 Å². The number of likely N-dealkylation sites (N-methyl/N-ethyl adjacent to an activating group) is 1. The van der Waals surface area contributed by atoms with E-state index in [-0.39, 0.29) is 37.0 Å². The van der Waals surface area contributed by atoms with Gasteiger partial charge in [0, 0.05) is 63.5 Å². The number of urea groups is 1. The molecule has 5 N–H and O–H groups in total. The zero-order chi connectivity index (χ0) is 32.3. The fraction of sp³-hybridized carbons (Fsp3) is 0.600. The second-order valence-corrected chi connectivity index (χ2v) is 10.6. The van der Waals surface area contributed by atoms with Crippen molar-refractivity contribution >= 4 is 24.1 Å². The average molecular weight is 625 g/mol. The number of carbonyl (C=O) groups is 4. The quantitative estimate of drug-likeness (QED) is 0.162. The van der Waals surface area contributed by atoms with Crippen molar-refractivity contribution in [2.75, 3.05) is 60.2 Å². The molecule has 2 saturated heterocycles. The Hall–Kier alpha value is -3.75. The first-order valence-corrected chi connectivity index (χ1v) is 14.7. The summed E-state index contributed by atoms with van der Waals surface area (Å²) in [4.78, 5) is 45.5. The van der Waals surface area contributed by atoms with Crippen molar-refractivity contribution in [3.63, 3.8) is 0 Å². The van der Waals surface area contributed by atoms with Crippen molar-refractivity contribution in [1.82, 2.24) is 20.9 Å². The Morgan fingerprint density at radius 3 is 2.52 bits per heavy atom. The van der Waals surface area contributed by atoms with Crippen molar-refractivity contribution in [1.29, 1.82) is 0 Å². The molecule has 246 valence electrons. The van der Waals surface area contributed by atoms with Crippen LogP contribution in [0, 0.1) is 17.7 Å². The molecule has 2 aliphatic rings. The number of alkyl carbamates (subject to hydrolysis) is 1. The lowest BCUT2D eigenvalue weighted by Crippen LogP contribution is -2.52. The van der Waals surface area contributed by atoms with Gasteiger partial charge in [-0.3, -0.25) is 0 Å². The molecule has 0 spiro atoms. The summed E-state index contributed by atoms with van der Waals surface area (Å²) in [7, 11) is 3.20. The van der Waals surface area contributed by atoms with Crippen LogP contribution >= 0.6 is 0 Å². The maximum absolute atomic E-state index is 14.0. The Labute approximate surface area is 257 Å². The number of benzene rings is 1. The van der Waals surface area contributed by atoms with Gasteiger partial charge >= 0.3 is 24.1 Å². The lowest BCUT2D eigenvalue weighted by molar-refractivity contribution is -0.134. The minimum absolute atomic E-state index is 0.000999. The van der Waals surface area contributed by atoms with Crippen LogP contribution in [0.25, 0.3) is 0 Å². The van der Waals surface area contributed by atoms with Crippen molar-refractivity contribution < 1.29 is 48.0 Å². The molecule has 0 saturated carbocycles. The lowest BCUT2D eigenvalue weighted by atomic mass is 9.88. The molecule has 2 heterocycles. The number of likely N-dealkylation sites (tertiary alicyclic amines) is 1. The van der Waals surface area contributed by atoms with Gasteiger partial charge in [0.1, 0.15) is 5.82 Å². The van der Waals surface area contributed by atoms with E-state index in [4.69, 9.17) is 19.7 Å². The SMILES string of the molecule is CNC[C@H](C[C@H]1CCCOC1)NC(=O)N1CCC[C@@H]([C@@H](OCCNC(=O)OC)c2cccc(F)c2)C1.O=C(O)/C=C/C(=O)O. The molecule has 2 aliphatic heterocycles. The minimum Gasteiger partial charge on any atom is -0.478 e. The number of methoxy groups -OCH3 is 1. The van der Waals surface area contributed by atoms with Crippen molar-refractivity contribution in [2.24, 2.45) is 11.8 Å². The number of carboxylic acid groups (broad SMARTS) is 2. The maximum Gasteiger partial charge on any atom is 0.406 e. The summed E-state index contributed by atoms with van der Waals surface area (Å²) in [5.74, 6) is -2.39. The van der Waals surface area contributed by atoms with Gasteiger partial charge in [-0.25, -0.2) is 23.6 Å². The summed E-state index contributed by atoms with van der Waals surface area (Å²) in [6.07, 6.45) is 4.95. The van der Waals surface area contributed by atoms with Gasteiger partial charge in [0.15, 0.2) is 0 Å². The third-order valence-corrected chi connectivity index (χ3v) is 7.22. The predicted molar refractivity (Wildman–Crippen MR) is 159 cm³/mol. The van der Waals surface area contributed by atoms with Crippen LogP contribution in [0.4, 0.5) is 14.0 Å². The molecule has 44 heavy (non-hydrogen) atoms. The molecule has 3 rings (SSSR count). The Morgan fingerprint density at radius 1 is 1.16 bits per heavy atom. The molecule has 0 unspecified atom stereocenters. The van der Waals surface area contributed by atoms with E-state index in [1.54, 1.807) is 6.07 Å². The molecular weight excluding hydrogens is 579 g/mol. The number of nitrogens with zero attached hydrogens (tertiary/aromatic N) is 1. The Kier molecular flexibility index (Phi) is 16.8. The number of piperidine rings is 1. The van der Waals surface area contributed by atoms with E-state index in [1.807, 2.05) is 18.0 Å². The average Bonchev–Trinajstić information content (AvgIpc) is 3.01. The molecule has 1 aromatic carbocycles. The molecule has 13 nitrogen and oxygen atoms in total. The third-order valence-electron chi connectivity index (χ3n) is 7.22. The van der Waals surface area contributed by atoms with E-state index in [0.717, 1.165) is 50.9 Å². The monoisotopic (exact) mass is 624 g/mol. The number of carboxylic acids is 2. The summed E-state index contributed by atoms with van der Waals surface area (Å²) in [6, 6.07) is 6.33. The molecule has 4 atom stereocenters. The van der Waals surface area contributed by atoms with Crippen molar-refractivity contribution in [3.05, 3.63) is 47.8 Å². The molecule has 2 fully saturated rings. The molecule has 14 heteroatoms. The second kappa shape index (κ2) is 20.3. The van der Waals surface area contributed by atoms with Crippen molar-refractivity contribution in [2.45, 2.75) is 44.2 Å². The number of ether oxygens (including phenoxy) is 3. The summed E-state index contributed by atoms with van der Waals surface area (Å²) in [6.45, 7) is 3.96. The van der Waals surface area contributed by atoms with Crippen LogP contribution in [-0.2, 0) is 23.8 Å². The molecule has 1 aromatic rings. The van der Waals surface area contributed by atoms with Gasteiger partial charge in [-0.1, -0.05) is 12.1 Å². The second-order valence-electron chi connectivity index (χ2n) is 10.6. The topological polar surface area (TPSA) is 176 Å². The Morgan fingerprint density at radius 2 is 1.91 bits per heavy atom. The van der Waals surface area contributed by atoms with Gasteiger partial charge in [0.25, 0.3) is 0 Å². The first kappa shape index (κ1) is 36.4. The zero-order valence-electron chi connectivity index (χ0n) is 25.3. The molecule has 0 bridgehead atoms. The van der Waals surface area contributed by atoms with E-state index in [2.05, 4.69) is 20.7 Å². The highest BCUT2D eigenvalue weighted by molar-refractivity contribution is 5.89. The van der Waals surface area contributed by atoms with Gasteiger partial charge in [-0.15, -0.1) is 0 Å². The summed E-state index contributed by atoms with van der Waals surface area (Å²) in [5, 5.41) is 24.6. The van der Waals surface area contributed by atoms with Crippen LogP contribution in [0.1, 0.15) is 43.8 Å². The Balaban J connectivity index is 0.000000742. The largest absolute Gasteiger partial charge is 0.478 e. The van der Waals surface area contributed by atoms with Crippen LogP contribution in [0.15, 0.2) is 36.4 Å². The van der Waals surface area contributed by atoms with E-state index >= 15 is 0 Å². The van der Waals surface area contributed by atoms with Gasteiger partial charge in [0.2, 0.25) is 0 Å². The molecule has 0 radical (unpaired) electrons. The van der Waals surface area contributed by atoms with Gasteiger partial charge < -0.3 is 45.3 Å². The molecular formula is C30H45FN4O9. The van der Waals surface area contributed by atoms with E-state index in [1.165, 1.54) is 19.2 Å². The fourth-order valence-corrected chi connectivity index (χ4v) is 5.28. The smallest absolute Gasteiger partial charge is 0.406 e. The molecule has 3 amide bonds. The van der Waals surface area contributed by atoms with Crippen LogP contribution in [0.5, 0.6) is 0 Å². The van der Waals surface area contributed by atoms with Gasteiger partial charge in [-0.2, -0.15) is 0 Å². The number of rotatable bonds is 13. The predicted octanol–water partition coefficient (Wildman–Crippen LogP) is 2.78. The van der Waals surface area contributed by atoms with Crippen LogP contribution in [-0.4, -0.2) is 105 Å². The van der Waals surface area contributed by atoms with Crippen LogP contribution in [0.2, 0.25) is 0 Å². The van der Waals surface area contributed by atoms with Gasteiger partial charge in [-0.05, 0) is 62.8 Å². The Bertz CT molecular complexity index is 1070. The number of halogens is 1. The zero-order valence-corrected chi connectivity index (χ0v) is 25.3. The first-order chi connectivity index (χ1) is 21.1. The summed E-state index contributed by atoms with van der Waals surface area (Å²) >= 11 is 0. The normalized spacial score (nSPS) is 19.7. The summed E-state index contributed by atoms with van der Waals surface area (Å²) < 4.78 is 30.4. The highest BCUT2D eigenvalue weighted by Gasteiger charge is 2.32. The highest BCUT2D eigenvalue weighted by atomic mass is 19.1.